The Morgan fingerprint density at radius 2 is 2.23 bits per heavy atom. The van der Waals surface area contributed by atoms with Gasteiger partial charge in [0.1, 0.15) is 0 Å². The van der Waals surface area contributed by atoms with Crippen molar-refractivity contribution < 1.29 is 0 Å². The molecule has 0 saturated heterocycles. The molecule has 0 unspecified atom stereocenters. The van der Waals surface area contributed by atoms with Gasteiger partial charge in [0, 0.05) is 13.6 Å². The molecule has 1 heterocycles. The van der Waals surface area contributed by atoms with Gasteiger partial charge in [0.15, 0.2) is 0 Å². The number of nitrogens with zero attached hydrogens (tertiary/aromatic N) is 2. The molecule has 0 amide bonds. The number of rotatable bonds is 4. The van der Waals surface area contributed by atoms with Crippen molar-refractivity contribution >= 4 is 12.4 Å². The quantitative estimate of drug-likeness (QED) is 0.755. The van der Waals surface area contributed by atoms with Crippen LogP contribution in [0.2, 0.25) is 0 Å². The molecule has 0 spiro atoms. The standard InChI is InChI=1S/C9H17N3.ClH/c1-4-5-10-7-9-6-8(2)11-12(9)3;/h6,10H,4-5,7H2,1-3H3;1H. The van der Waals surface area contributed by atoms with Crippen LogP contribution in [-0.4, -0.2) is 16.3 Å². The second-order valence-corrected chi connectivity index (χ2v) is 3.08. The Bertz CT molecular complexity index is 245. The van der Waals surface area contributed by atoms with Gasteiger partial charge in [-0.3, -0.25) is 4.68 Å². The third-order valence-corrected chi connectivity index (χ3v) is 1.83. The predicted octanol–water partition coefficient (Wildman–Crippen LogP) is 1.65. The number of hydrogen-bond acceptors (Lipinski definition) is 2. The summed E-state index contributed by atoms with van der Waals surface area (Å²) in [6.07, 6.45) is 1.18. The molecule has 0 radical (unpaired) electrons. The molecule has 0 aliphatic rings. The largest absolute Gasteiger partial charge is 0.311 e. The van der Waals surface area contributed by atoms with Gasteiger partial charge < -0.3 is 5.32 Å². The third-order valence-electron chi connectivity index (χ3n) is 1.83. The summed E-state index contributed by atoms with van der Waals surface area (Å²) in [6.45, 7) is 6.18. The molecule has 13 heavy (non-hydrogen) atoms. The second-order valence-electron chi connectivity index (χ2n) is 3.08. The fourth-order valence-electron chi connectivity index (χ4n) is 1.22. The van der Waals surface area contributed by atoms with Gasteiger partial charge in [0.2, 0.25) is 0 Å². The SMILES string of the molecule is CCCNCc1cc(C)nn1C.Cl. The summed E-state index contributed by atoms with van der Waals surface area (Å²) < 4.78 is 1.93. The number of aromatic nitrogens is 2. The zero-order chi connectivity index (χ0) is 8.97. The van der Waals surface area contributed by atoms with Crippen molar-refractivity contribution in [3.63, 3.8) is 0 Å². The maximum absolute atomic E-state index is 4.27. The summed E-state index contributed by atoms with van der Waals surface area (Å²) in [6, 6.07) is 2.11. The van der Waals surface area contributed by atoms with Gasteiger partial charge in [-0.25, -0.2) is 0 Å². The van der Waals surface area contributed by atoms with Gasteiger partial charge in [0.05, 0.1) is 11.4 Å². The normalized spacial score (nSPS) is 9.77. The molecule has 1 N–H and O–H groups in total. The van der Waals surface area contributed by atoms with E-state index in [9.17, 15) is 0 Å². The van der Waals surface area contributed by atoms with Crippen LogP contribution < -0.4 is 5.32 Å². The van der Waals surface area contributed by atoms with Gasteiger partial charge in [-0.2, -0.15) is 5.10 Å². The molecule has 3 nitrogen and oxygen atoms in total. The summed E-state index contributed by atoms with van der Waals surface area (Å²) in [5.41, 5.74) is 2.34. The molecule has 0 aromatic carbocycles. The number of aryl methyl sites for hydroxylation is 2. The summed E-state index contributed by atoms with van der Waals surface area (Å²) >= 11 is 0. The monoisotopic (exact) mass is 203 g/mol. The van der Waals surface area contributed by atoms with E-state index >= 15 is 0 Å². The average molecular weight is 204 g/mol. The first-order chi connectivity index (χ1) is 5.74. The molecule has 0 fully saturated rings. The molecule has 0 aliphatic carbocycles. The fourth-order valence-corrected chi connectivity index (χ4v) is 1.22. The predicted molar refractivity (Wildman–Crippen MR) is 57.2 cm³/mol. The van der Waals surface area contributed by atoms with Gasteiger partial charge in [-0.05, 0) is 26.0 Å². The first-order valence-electron chi connectivity index (χ1n) is 4.44. The summed E-state index contributed by atoms with van der Waals surface area (Å²) in [5.74, 6) is 0. The number of hydrogen-bond donors (Lipinski definition) is 1. The highest BCUT2D eigenvalue weighted by molar-refractivity contribution is 5.85. The average Bonchev–Trinajstić information content (AvgIpc) is 2.31. The van der Waals surface area contributed by atoms with Crippen LogP contribution in [0.3, 0.4) is 0 Å². The molecule has 1 aromatic rings. The molecule has 76 valence electrons. The van der Waals surface area contributed by atoms with Crippen molar-refractivity contribution in [1.82, 2.24) is 15.1 Å². The van der Waals surface area contributed by atoms with Gasteiger partial charge in [0.25, 0.3) is 0 Å². The van der Waals surface area contributed by atoms with Crippen molar-refractivity contribution in [2.45, 2.75) is 26.8 Å². The van der Waals surface area contributed by atoms with Crippen LogP contribution in [-0.2, 0) is 13.6 Å². The molecular weight excluding hydrogens is 186 g/mol. The van der Waals surface area contributed by atoms with E-state index in [0.717, 1.165) is 18.8 Å². The molecule has 0 aliphatic heterocycles. The first kappa shape index (κ1) is 12.5. The lowest BCUT2D eigenvalue weighted by atomic mass is 10.3. The molecule has 1 rings (SSSR count). The highest BCUT2D eigenvalue weighted by Gasteiger charge is 1.99. The Balaban J connectivity index is 0.00000144. The van der Waals surface area contributed by atoms with E-state index < -0.39 is 0 Å². The molecular formula is C9H18ClN3. The highest BCUT2D eigenvalue weighted by Crippen LogP contribution is 2.00. The minimum atomic E-state index is 0. The lowest BCUT2D eigenvalue weighted by Crippen LogP contribution is -2.16. The Hall–Kier alpha value is -0.540. The molecule has 0 atom stereocenters. The first-order valence-corrected chi connectivity index (χ1v) is 4.44. The van der Waals surface area contributed by atoms with E-state index in [-0.39, 0.29) is 12.4 Å². The van der Waals surface area contributed by atoms with E-state index in [2.05, 4.69) is 23.4 Å². The third kappa shape index (κ3) is 3.79. The van der Waals surface area contributed by atoms with Crippen LogP contribution in [0, 0.1) is 6.92 Å². The van der Waals surface area contributed by atoms with Crippen LogP contribution in [0.15, 0.2) is 6.07 Å². The maximum atomic E-state index is 4.27. The molecule has 0 bridgehead atoms. The van der Waals surface area contributed by atoms with Gasteiger partial charge in [-0.1, -0.05) is 6.92 Å². The topological polar surface area (TPSA) is 29.9 Å². The van der Waals surface area contributed by atoms with E-state index in [1.54, 1.807) is 0 Å². The second kappa shape index (κ2) is 6.00. The zero-order valence-corrected chi connectivity index (χ0v) is 9.32. The Morgan fingerprint density at radius 1 is 1.54 bits per heavy atom. The van der Waals surface area contributed by atoms with Crippen LogP contribution in [0.25, 0.3) is 0 Å². The molecule has 4 heteroatoms. The lowest BCUT2D eigenvalue weighted by molar-refractivity contribution is 0.619. The smallest absolute Gasteiger partial charge is 0.0597 e. The van der Waals surface area contributed by atoms with E-state index in [0.29, 0.717) is 0 Å². The van der Waals surface area contributed by atoms with Gasteiger partial charge in [-0.15, -0.1) is 12.4 Å². The van der Waals surface area contributed by atoms with Gasteiger partial charge >= 0.3 is 0 Å². The Labute approximate surface area is 85.9 Å². The van der Waals surface area contributed by atoms with Crippen molar-refractivity contribution in [3.8, 4) is 0 Å². The summed E-state index contributed by atoms with van der Waals surface area (Å²) in [4.78, 5) is 0. The van der Waals surface area contributed by atoms with Crippen molar-refractivity contribution in [3.05, 3.63) is 17.5 Å². The minimum absolute atomic E-state index is 0. The van der Waals surface area contributed by atoms with E-state index in [1.165, 1.54) is 12.1 Å². The van der Waals surface area contributed by atoms with Crippen LogP contribution in [0.5, 0.6) is 0 Å². The fraction of sp³-hybridized carbons (Fsp3) is 0.667. The number of halogens is 1. The van der Waals surface area contributed by atoms with E-state index in [4.69, 9.17) is 0 Å². The highest BCUT2D eigenvalue weighted by atomic mass is 35.5. The minimum Gasteiger partial charge on any atom is -0.311 e. The lowest BCUT2D eigenvalue weighted by Gasteiger charge is -2.02. The van der Waals surface area contributed by atoms with Crippen molar-refractivity contribution in [2.24, 2.45) is 7.05 Å². The zero-order valence-electron chi connectivity index (χ0n) is 8.50. The van der Waals surface area contributed by atoms with Crippen LogP contribution in [0.4, 0.5) is 0 Å². The van der Waals surface area contributed by atoms with Crippen molar-refractivity contribution in [1.29, 1.82) is 0 Å². The van der Waals surface area contributed by atoms with Crippen LogP contribution >= 0.6 is 12.4 Å². The van der Waals surface area contributed by atoms with Crippen LogP contribution in [0.1, 0.15) is 24.7 Å². The van der Waals surface area contributed by atoms with E-state index in [1.807, 2.05) is 18.7 Å². The summed E-state index contributed by atoms with van der Waals surface area (Å²) in [5, 5.41) is 7.61. The summed E-state index contributed by atoms with van der Waals surface area (Å²) in [7, 11) is 1.98. The Morgan fingerprint density at radius 3 is 2.69 bits per heavy atom. The molecule has 0 saturated carbocycles. The number of nitrogens with one attached hydrogen (secondary N) is 1. The van der Waals surface area contributed by atoms with Crippen molar-refractivity contribution in [2.75, 3.05) is 6.54 Å². The Kier molecular flexibility index (Phi) is 5.75. The molecule has 1 aromatic heterocycles. The maximum Gasteiger partial charge on any atom is 0.0597 e.